The van der Waals surface area contributed by atoms with E-state index in [1.807, 2.05) is 0 Å². The molecule has 0 aromatic heterocycles. The fourth-order valence-electron chi connectivity index (χ4n) is 2.52. The van der Waals surface area contributed by atoms with Crippen molar-refractivity contribution in [3.8, 4) is 0 Å². The Kier molecular flexibility index (Phi) is 8.24. The lowest BCUT2D eigenvalue weighted by atomic mass is 10.0. The summed E-state index contributed by atoms with van der Waals surface area (Å²) in [7, 11) is 0. The smallest absolute Gasteiger partial charge is 0.0412 e. The van der Waals surface area contributed by atoms with Gasteiger partial charge in [-0.2, -0.15) is 0 Å². The second-order valence-electron chi connectivity index (χ2n) is 5.27. The Morgan fingerprint density at radius 1 is 1.15 bits per heavy atom. The molecule has 1 aromatic carbocycles. The topological polar surface area (TPSA) is 15.3 Å². The summed E-state index contributed by atoms with van der Waals surface area (Å²) in [6.45, 7) is 13.2. The van der Waals surface area contributed by atoms with Gasteiger partial charge in [0, 0.05) is 29.8 Å². The Bertz CT molecular complexity index is 389. The van der Waals surface area contributed by atoms with Gasteiger partial charge in [-0.15, -0.1) is 0 Å². The lowest BCUT2D eigenvalue weighted by molar-refractivity contribution is 0.485. The Morgan fingerprint density at radius 3 is 2.40 bits per heavy atom. The quantitative estimate of drug-likeness (QED) is 0.693. The predicted molar refractivity (Wildman–Crippen MR) is 93.5 cm³/mol. The number of benzene rings is 1. The van der Waals surface area contributed by atoms with Crippen LogP contribution in [-0.4, -0.2) is 19.6 Å². The fourth-order valence-corrected chi connectivity index (χ4v) is 2.93. The van der Waals surface area contributed by atoms with Gasteiger partial charge in [0.05, 0.1) is 0 Å². The van der Waals surface area contributed by atoms with E-state index in [2.05, 4.69) is 72.0 Å². The van der Waals surface area contributed by atoms with E-state index in [4.69, 9.17) is 0 Å². The average Bonchev–Trinajstić information content (AvgIpc) is 2.47. The third kappa shape index (κ3) is 5.10. The predicted octanol–water partition coefficient (Wildman–Crippen LogP) is 4.82. The highest BCUT2D eigenvalue weighted by Gasteiger charge is 2.14. The highest BCUT2D eigenvalue weighted by molar-refractivity contribution is 9.10. The molecule has 2 nitrogen and oxygen atoms in total. The third-order valence-electron chi connectivity index (χ3n) is 3.96. The normalized spacial score (nSPS) is 11.1. The first-order valence-electron chi connectivity index (χ1n) is 7.90. The summed E-state index contributed by atoms with van der Waals surface area (Å²) in [6.07, 6.45) is 2.51. The van der Waals surface area contributed by atoms with Crippen molar-refractivity contribution in [3.63, 3.8) is 0 Å². The maximum absolute atomic E-state index is 3.59. The van der Waals surface area contributed by atoms with Crippen LogP contribution < -0.4 is 10.2 Å². The number of rotatable bonds is 9. The van der Waals surface area contributed by atoms with Crippen molar-refractivity contribution >= 4 is 21.6 Å². The minimum absolute atomic E-state index is 0.783. The molecule has 1 aromatic rings. The van der Waals surface area contributed by atoms with E-state index in [1.165, 1.54) is 24.1 Å². The van der Waals surface area contributed by atoms with Gasteiger partial charge in [0.25, 0.3) is 0 Å². The van der Waals surface area contributed by atoms with Gasteiger partial charge in [0.1, 0.15) is 0 Å². The molecule has 0 spiro atoms. The van der Waals surface area contributed by atoms with Crippen molar-refractivity contribution in [2.24, 2.45) is 5.92 Å². The molecule has 1 rings (SSSR count). The van der Waals surface area contributed by atoms with E-state index < -0.39 is 0 Å². The number of halogens is 1. The molecule has 0 saturated heterocycles. The molecule has 1 N–H and O–H groups in total. The largest absolute Gasteiger partial charge is 0.371 e. The maximum Gasteiger partial charge on any atom is 0.0412 e. The molecule has 0 amide bonds. The molecule has 0 bridgehead atoms. The molecular weight excluding hydrogens is 312 g/mol. The number of hydrogen-bond acceptors (Lipinski definition) is 2. The van der Waals surface area contributed by atoms with Gasteiger partial charge in [-0.05, 0) is 43.1 Å². The van der Waals surface area contributed by atoms with E-state index in [-0.39, 0.29) is 0 Å². The minimum Gasteiger partial charge on any atom is -0.371 e. The summed E-state index contributed by atoms with van der Waals surface area (Å²) >= 11 is 3.59. The van der Waals surface area contributed by atoms with Gasteiger partial charge in [0.15, 0.2) is 0 Å². The zero-order valence-electron chi connectivity index (χ0n) is 13.4. The molecule has 0 saturated carbocycles. The Labute approximate surface area is 133 Å². The molecule has 3 heteroatoms. The number of nitrogens with one attached hydrogen (secondary N) is 1. The average molecular weight is 341 g/mol. The number of nitrogens with zero attached hydrogens (tertiary/aromatic N) is 1. The second kappa shape index (κ2) is 9.41. The van der Waals surface area contributed by atoms with Gasteiger partial charge < -0.3 is 10.2 Å². The van der Waals surface area contributed by atoms with Crippen molar-refractivity contribution in [1.29, 1.82) is 0 Å². The maximum atomic E-state index is 3.59. The van der Waals surface area contributed by atoms with Crippen LogP contribution in [0.1, 0.15) is 46.1 Å². The van der Waals surface area contributed by atoms with Crippen LogP contribution in [-0.2, 0) is 6.54 Å². The Morgan fingerprint density at radius 2 is 1.85 bits per heavy atom. The van der Waals surface area contributed by atoms with E-state index >= 15 is 0 Å². The first kappa shape index (κ1) is 17.5. The van der Waals surface area contributed by atoms with Crippen molar-refractivity contribution in [3.05, 3.63) is 28.2 Å². The number of hydrogen-bond donors (Lipinski definition) is 1. The van der Waals surface area contributed by atoms with Crippen molar-refractivity contribution in [2.45, 2.75) is 47.1 Å². The molecule has 0 unspecified atom stereocenters. The lowest BCUT2D eigenvalue weighted by Gasteiger charge is -2.29. The van der Waals surface area contributed by atoms with Crippen molar-refractivity contribution in [2.75, 3.05) is 24.5 Å². The van der Waals surface area contributed by atoms with Crippen LogP contribution in [0.2, 0.25) is 0 Å². The van der Waals surface area contributed by atoms with Crippen molar-refractivity contribution < 1.29 is 0 Å². The van der Waals surface area contributed by atoms with E-state index in [0.717, 1.165) is 36.6 Å². The monoisotopic (exact) mass is 340 g/mol. The highest BCUT2D eigenvalue weighted by atomic mass is 79.9. The molecule has 0 heterocycles. The van der Waals surface area contributed by atoms with Crippen LogP contribution in [0.4, 0.5) is 5.69 Å². The molecule has 0 fully saturated rings. The minimum atomic E-state index is 0.783. The summed E-state index contributed by atoms with van der Waals surface area (Å²) in [4.78, 5) is 2.52. The van der Waals surface area contributed by atoms with Crippen LogP contribution in [0.25, 0.3) is 0 Å². The molecule has 0 aliphatic carbocycles. The SMILES string of the molecule is CCNCc1cc(Br)ccc1N(CC)CC(CC)CC. The van der Waals surface area contributed by atoms with Crippen LogP contribution in [0.15, 0.2) is 22.7 Å². The van der Waals surface area contributed by atoms with Crippen LogP contribution >= 0.6 is 15.9 Å². The lowest BCUT2D eigenvalue weighted by Crippen LogP contribution is -2.30. The third-order valence-corrected chi connectivity index (χ3v) is 4.46. The van der Waals surface area contributed by atoms with Crippen LogP contribution in [0, 0.1) is 5.92 Å². The van der Waals surface area contributed by atoms with E-state index in [9.17, 15) is 0 Å². The molecule has 0 radical (unpaired) electrons. The van der Waals surface area contributed by atoms with Gasteiger partial charge in [-0.25, -0.2) is 0 Å². The van der Waals surface area contributed by atoms with Gasteiger partial charge in [-0.3, -0.25) is 0 Å². The summed E-state index contributed by atoms with van der Waals surface area (Å²) in [6, 6.07) is 6.65. The van der Waals surface area contributed by atoms with Gasteiger partial charge in [0.2, 0.25) is 0 Å². The van der Waals surface area contributed by atoms with Crippen molar-refractivity contribution in [1.82, 2.24) is 5.32 Å². The first-order chi connectivity index (χ1) is 9.65. The Hall–Kier alpha value is -0.540. The summed E-state index contributed by atoms with van der Waals surface area (Å²) in [5.41, 5.74) is 2.76. The fraction of sp³-hybridized carbons (Fsp3) is 0.647. The number of anilines is 1. The molecule has 0 aliphatic rings. The first-order valence-corrected chi connectivity index (χ1v) is 8.69. The van der Waals surface area contributed by atoms with Crippen LogP contribution in [0.3, 0.4) is 0 Å². The molecule has 114 valence electrons. The zero-order chi connectivity index (χ0) is 15.0. The standard InChI is InChI=1S/C17H29BrN2/c1-5-14(6-2)13-20(8-4)17-10-9-16(18)11-15(17)12-19-7-3/h9-11,14,19H,5-8,12-13H2,1-4H3. The van der Waals surface area contributed by atoms with Crippen LogP contribution in [0.5, 0.6) is 0 Å². The van der Waals surface area contributed by atoms with Gasteiger partial charge >= 0.3 is 0 Å². The molecule has 0 atom stereocenters. The molecular formula is C17H29BrN2. The summed E-state index contributed by atoms with van der Waals surface area (Å²) in [5.74, 6) is 0.783. The highest BCUT2D eigenvalue weighted by Crippen LogP contribution is 2.26. The Balaban J connectivity index is 2.94. The molecule has 20 heavy (non-hydrogen) atoms. The summed E-state index contributed by atoms with van der Waals surface area (Å²) in [5, 5.41) is 3.44. The molecule has 0 aliphatic heterocycles. The second-order valence-corrected chi connectivity index (χ2v) is 6.19. The van der Waals surface area contributed by atoms with E-state index in [1.54, 1.807) is 0 Å². The summed E-state index contributed by atoms with van der Waals surface area (Å²) < 4.78 is 1.16. The zero-order valence-corrected chi connectivity index (χ0v) is 15.0. The van der Waals surface area contributed by atoms with Gasteiger partial charge in [-0.1, -0.05) is 49.5 Å². The van der Waals surface area contributed by atoms with E-state index in [0.29, 0.717) is 0 Å².